The lowest BCUT2D eigenvalue weighted by Gasteiger charge is -2.17. The van der Waals surface area contributed by atoms with Gasteiger partial charge in [-0.1, -0.05) is 23.7 Å². The van der Waals surface area contributed by atoms with Crippen molar-refractivity contribution < 1.29 is 27.2 Å². The number of ketones is 2. The van der Waals surface area contributed by atoms with Crippen molar-refractivity contribution in [2.45, 2.75) is 42.7 Å². The second kappa shape index (κ2) is 8.95. The number of halogens is 5. The number of rotatable bonds is 7. The lowest BCUT2D eigenvalue weighted by atomic mass is 9.85. The van der Waals surface area contributed by atoms with E-state index in [9.17, 15) is 27.2 Å². The molecule has 5 rings (SSSR count). The molecule has 1 aliphatic carbocycles. The van der Waals surface area contributed by atoms with E-state index in [0.717, 1.165) is 10.5 Å². The van der Waals surface area contributed by atoms with Crippen molar-refractivity contribution in [1.29, 1.82) is 0 Å². The van der Waals surface area contributed by atoms with Gasteiger partial charge in [0.2, 0.25) is 11.6 Å². The highest BCUT2D eigenvalue weighted by molar-refractivity contribution is 7.99. The summed E-state index contributed by atoms with van der Waals surface area (Å²) in [6, 6.07) is 8.30. The maximum absolute atomic E-state index is 14.9. The summed E-state index contributed by atoms with van der Waals surface area (Å²) in [5, 5.41) is 12.0. The Morgan fingerprint density at radius 1 is 1.22 bits per heavy atom. The monoisotopic (exact) mass is 538 g/mol. The minimum Gasteiger partial charge on any atom is -0.299 e. The van der Waals surface area contributed by atoms with Crippen molar-refractivity contribution in [3.63, 3.8) is 0 Å². The van der Waals surface area contributed by atoms with E-state index >= 15 is 0 Å². The normalized spacial score (nSPS) is 18.2. The molecule has 2 aliphatic rings. The smallest absolute Gasteiger partial charge is 0.299 e. The predicted molar refractivity (Wildman–Crippen MR) is 125 cm³/mol. The van der Waals surface area contributed by atoms with Gasteiger partial charge in [0.1, 0.15) is 11.6 Å². The third kappa shape index (κ3) is 4.66. The molecule has 2 aromatic carbocycles. The highest BCUT2D eigenvalue weighted by Gasteiger charge is 2.54. The van der Waals surface area contributed by atoms with Gasteiger partial charge in [-0.2, -0.15) is 18.0 Å². The summed E-state index contributed by atoms with van der Waals surface area (Å²) in [5.74, 6) is -2.22. The number of aryl methyl sites for hydroxylation is 1. The van der Waals surface area contributed by atoms with Gasteiger partial charge < -0.3 is 0 Å². The topological polar surface area (TPSA) is 77.7 Å². The molecular weight excluding hydrogens is 520 g/mol. The molecule has 3 aromatic rings. The van der Waals surface area contributed by atoms with Crippen LogP contribution in [0.5, 0.6) is 0 Å². The van der Waals surface area contributed by atoms with Crippen LogP contribution in [0.4, 0.5) is 17.6 Å². The van der Waals surface area contributed by atoms with E-state index in [0.29, 0.717) is 29.7 Å². The van der Waals surface area contributed by atoms with E-state index in [4.69, 9.17) is 11.6 Å². The zero-order valence-electron chi connectivity index (χ0n) is 18.9. The molecule has 1 aromatic heterocycles. The number of thioether (sulfide) groups is 1. The van der Waals surface area contributed by atoms with Crippen LogP contribution in [0.2, 0.25) is 5.02 Å². The fourth-order valence-corrected chi connectivity index (χ4v) is 6.07. The van der Waals surface area contributed by atoms with Gasteiger partial charge in [0.15, 0.2) is 0 Å². The number of benzene rings is 2. The Labute approximate surface area is 212 Å². The molecule has 1 saturated carbocycles. The summed E-state index contributed by atoms with van der Waals surface area (Å²) in [6.45, 7) is 0. The average molecular weight is 539 g/mol. The second-order valence-electron chi connectivity index (χ2n) is 9.18. The Kier molecular flexibility index (Phi) is 6.19. The van der Waals surface area contributed by atoms with Gasteiger partial charge in [-0.3, -0.25) is 9.59 Å². The first-order valence-electron chi connectivity index (χ1n) is 11.1. The first-order valence-corrected chi connectivity index (χ1v) is 12.5. The standard InChI is InChI=1S/C24H19ClF4N4O2S/c1-33-31-22(30-32-33)21-16(8-14(25)9-17(21)26)12-2-3-15-13(11-36-18(15)6-12)7-19(34)23(4-5-23)10-20(35)24(27,28)29/h2-3,6,8-9,13H,4-5,7,10-11H2,1H3. The number of tetrazole rings is 1. The number of fused-ring (bicyclic) bond motifs is 1. The van der Waals surface area contributed by atoms with Crippen LogP contribution in [-0.2, 0) is 16.6 Å². The van der Waals surface area contributed by atoms with Crippen LogP contribution in [0.25, 0.3) is 22.5 Å². The van der Waals surface area contributed by atoms with Gasteiger partial charge >= 0.3 is 6.18 Å². The molecule has 36 heavy (non-hydrogen) atoms. The van der Waals surface area contributed by atoms with E-state index in [1.807, 2.05) is 12.1 Å². The van der Waals surface area contributed by atoms with Gasteiger partial charge in [-0.05, 0) is 52.9 Å². The molecule has 0 saturated heterocycles. The Bertz CT molecular complexity index is 1390. The summed E-state index contributed by atoms with van der Waals surface area (Å²) in [7, 11) is 1.57. The molecule has 188 valence electrons. The number of aromatic nitrogens is 4. The van der Waals surface area contributed by atoms with Gasteiger partial charge in [0.05, 0.1) is 12.6 Å². The molecule has 0 bridgehead atoms. The number of hydrogen-bond acceptors (Lipinski definition) is 6. The zero-order valence-corrected chi connectivity index (χ0v) is 20.5. The van der Waals surface area contributed by atoms with Crippen LogP contribution in [0.3, 0.4) is 0 Å². The number of carbonyl (C=O) groups is 2. The summed E-state index contributed by atoms with van der Waals surface area (Å²) < 4.78 is 53.1. The molecule has 0 radical (unpaired) electrons. The molecule has 2 heterocycles. The van der Waals surface area contributed by atoms with Crippen LogP contribution >= 0.6 is 23.4 Å². The number of Topliss-reactive ketones (excluding diaryl/α,β-unsaturated/α-hetero) is 2. The SMILES string of the molecule is Cn1nnc(-c2c(F)cc(Cl)cc2-c2ccc3c(c2)SCC3CC(=O)C2(CC(=O)C(F)(F)F)CC2)n1. The number of nitrogens with zero attached hydrogens (tertiary/aromatic N) is 4. The van der Waals surface area contributed by atoms with Crippen molar-refractivity contribution in [3.8, 4) is 22.5 Å². The van der Waals surface area contributed by atoms with E-state index in [1.165, 1.54) is 22.6 Å². The number of alkyl halides is 3. The first kappa shape index (κ1) is 24.9. The Morgan fingerprint density at radius 3 is 2.61 bits per heavy atom. The molecule has 0 N–H and O–H groups in total. The summed E-state index contributed by atoms with van der Waals surface area (Å²) in [6.07, 6.45) is -5.02. The van der Waals surface area contributed by atoms with E-state index in [2.05, 4.69) is 15.4 Å². The van der Waals surface area contributed by atoms with Crippen molar-refractivity contribution in [3.05, 3.63) is 46.7 Å². The molecule has 1 fully saturated rings. The summed E-state index contributed by atoms with van der Waals surface area (Å²) in [4.78, 5) is 26.5. The van der Waals surface area contributed by atoms with Crippen molar-refractivity contribution in [2.24, 2.45) is 12.5 Å². The van der Waals surface area contributed by atoms with E-state index in [1.54, 1.807) is 19.2 Å². The Hall–Kier alpha value is -2.79. The molecule has 0 spiro atoms. The van der Waals surface area contributed by atoms with Crippen molar-refractivity contribution in [1.82, 2.24) is 20.2 Å². The van der Waals surface area contributed by atoms with Crippen LogP contribution in [0.15, 0.2) is 35.2 Å². The van der Waals surface area contributed by atoms with Crippen molar-refractivity contribution >= 4 is 34.9 Å². The highest BCUT2D eigenvalue weighted by atomic mass is 35.5. The minimum atomic E-state index is -4.93. The number of carbonyl (C=O) groups excluding carboxylic acids is 2. The predicted octanol–water partition coefficient (Wildman–Crippen LogP) is 5.79. The molecular formula is C24H19ClF4N4O2S. The number of hydrogen-bond donors (Lipinski definition) is 0. The van der Waals surface area contributed by atoms with Crippen LogP contribution in [0.1, 0.15) is 37.2 Å². The molecule has 1 aliphatic heterocycles. The highest BCUT2D eigenvalue weighted by Crippen LogP contribution is 2.54. The van der Waals surface area contributed by atoms with Crippen LogP contribution in [-0.4, -0.2) is 43.7 Å². The van der Waals surface area contributed by atoms with Gasteiger partial charge in [0, 0.05) is 39.8 Å². The van der Waals surface area contributed by atoms with Gasteiger partial charge in [0.25, 0.3) is 0 Å². The van der Waals surface area contributed by atoms with E-state index < -0.39 is 29.6 Å². The quantitative estimate of drug-likeness (QED) is 0.355. The maximum atomic E-state index is 14.9. The van der Waals surface area contributed by atoms with Gasteiger partial charge in [-0.25, -0.2) is 4.39 Å². The third-order valence-electron chi connectivity index (χ3n) is 6.68. The fraction of sp³-hybridized carbons (Fsp3) is 0.375. The van der Waals surface area contributed by atoms with Crippen LogP contribution in [0, 0.1) is 11.2 Å². The lowest BCUT2D eigenvalue weighted by molar-refractivity contribution is -0.172. The fourth-order valence-electron chi connectivity index (χ4n) is 4.58. The molecule has 0 amide bonds. The first-order chi connectivity index (χ1) is 17.0. The summed E-state index contributed by atoms with van der Waals surface area (Å²) >= 11 is 7.65. The average Bonchev–Trinajstić information content (AvgIpc) is 3.29. The minimum absolute atomic E-state index is 0.0745. The molecule has 1 unspecified atom stereocenters. The Balaban J connectivity index is 1.40. The summed E-state index contributed by atoms with van der Waals surface area (Å²) in [5.41, 5.74) is 1.03. The lowest BCUT2D eigenvalue weighted by Crippen LogP contribution is -2.29. The van der Waals surface area contributed by atoms with Crippen molar-refractivity contribution in [2.75, 3.05) is 5.75 Å². The molecule has 1 atom stereocenters. The van der Waals surface area contributed by atoms with Gasteiger partial charge in [-0.15, -0.1) is 22.0 Å². The Morgan fingerprint density at radius 2 is 1.97 bits per heavy atom. The second-order valence-corrected chi connectivity index (χ2v) is 10.7. The zero-order chi connectivity index (χ0) is 25.8. The molecule has 12 heteroatoms. The maximum Gasteiger partial charge on any atom is 0.450 e. The largest absolute Gasteiger partial charge is 0.450 e. The molecule has 6 nitrogen and oxygen atoms in total. The van der Waals surface area contributed by atoms with Crippen LogP contribution < -0.4 is 0 Å². The third-order valence-corrected chi connectivity index (χ3v) is 8.14. The van der Waals surface area contributed by atoms with E-state index in [-0.39, 0.29) is 34.5 Å².